The molecule has 2 aromatic carbocycles. The van der Waals surface area contributed by atoms with Gasteiger partial charge < -0.3 is 58.0 Å². The average Bonchev–Trinajstić information content (AvgIpc) is 3.95. The standard InChI is InChI=1S/C37H45N3O15/c1-46-29-16-22(15-23(19-41)36(29)47-2)33-24-17-27-28(53-21-52-27)18-25(24)35-26(20-54-39-35)34(33)37(45)38-6-8-49-10-12-51-14-13-50-11-9-48-7-5-32(44)55-40-30(42)3-4-31(40)43/h15-18,26,33-34,41H,3-14,19-21H2,1-2H3,(H,38,45)/t26?,33-,34+/m1/s1. The summed E-state index contributed by atoms with van der Waals surface area (Å²) in [5.74, 6) is -1.51. The summed E-state index contributed by atoms with van der Waals surface area (Å²) in [7, 11) is 3.03. The number of hydrogen-bond donors (Lipinski definition) is 2. The Hall–Kier alpha value is -5.01. The zero-order chi connectivity index (χ0) is 38.7. The highest BCUT2D eigenvalue weighted by Crippen LogP contribution is 2.51. The number of imide groups is 1. The van der Waals surface area contributed by atoms with Crippen molar-refractivity contribution in [1.29, 1.82) is 0 Å². The average molecular weight is 772 g/mol. The number of nitrogens with one attached hydrogen (secondary N) is 1. The SMILES string of the molecule is COc1cc([C@@H]2c3cc4c(cc3C3=NOCC3[C@@H]2C(=O)NCCOCCOCCOCCOCCC(=O)ON2C(=O)CCC2=O)OCO4)cc(CO)c1OC. The molecule has 3 aliphatic heterocycles. The number of hydrogen-bond acceptors (Lipinski definition) is 16. The zero-order valence-corrected chi connectivity index (χ0v) is 30.7. The molecule has 0 spiro atoms. The fourth-order valence-electron chi connectivity index (χ4n) is 6.89. The van der Waals surface area contributed by atoms with Crippen LogP contribution in [0.2, 0.25) is 0 Å². The minimum atomic E-state index is -0.724. The first kappa shape index (κ1) is 39.7. The van der Waals surface area contributed by atoms with Crippen LogP contribution in [0.4, 0.5) is 0 Å². The first-order chi connectivity index (χ1) is 26.8. The summed E-state index contributed by atoms with van der Waals surface area (Å²) in [6, 6.07) is 7.41. The fourth-order valence-corrected chi connectivity index (χ4v) is 6.89. The lowest BCUT2D eigenvalue weighted by molar-refractivity contribution is -0.198. The molecule has 0 aromatic heterocycles. The topological polar surface area (TPSA) is 208 Å². The van der Waals surface area contributed by atoms with Crippen molar-refractivity contribution in [3.05, 3.63) is 46.5 Å². The van der Waals surface area contributed by atoms with Gasteiger partial charge in [-0.05, 0) is 35.4 Å². The lowest BCUT2D eigenvalue weighted by Crippen LogP contribution is -2.46. The van der Waals surface area contributed by atoms with Gasteiger partial charge in [-0.15, -0.1) is 5.06 Å². The Morgan fingerprint density at radius 2 is 1.53 bits per heavy atom. The lowest BCUT2D eigenvalue weighted by atomic mass is 9.65. The van der Waals surface area contributed by atoms with Crippen molar-refractivity contribution in [2.75, 3.05) is 87.0 Å². The van der Waals surface area contributed by atoms with Crippen molar-refractivity contribution in [1.82, 2.24) is 10.4 Å². The highest BCUT2D eigenvalue weighted by molar-refractivity contribution is 6.09. The van der Waals surface area contributed by atoms with Gasteiger partial charge in [0.15, 0.2) is 23.0 Å². The number of aliphatic hydroxyl groups is 1. The molecular weight excluding hydrogens is 726 g/mol. The van der Waals surface area contributed by atoms with E-state index >= 15 is 0 Å². The molecule has 55 heavy (non-hydrogen) atoms. The predicted octanol–water partition coefficient (Wildman–Crippen LogP) is 1.22. The van der Waals surface area contributed by atoms with Gasteiger partial charge >= 0.3 is 5.97 Å². The van der Waals surface area contributed by atoms with Crippen molar-refractivity contribution >= 4 is 29.4 Å². The quantitative estimate of drug-likeness (QED) is 0.135. The maximum absolute atomic E-state index is 14.1. The van der Waals surface area contributed by atoms with Gasteiger partial charge in [-0.1, -0.05) is 5.16 Å². The second kappa shape index (κ2) is 19.0. The van der Waals surface area contributed by atoms with Gasteiger partial charge in [0.2, 0.25) is 12.7 Å². The minimum Gasteiger partial charge on any atom is -0.493 e. The molecule has 4 aliphatic rings. The van der Waals surface area contributed by atoms with E-state index in [4.69, 9.17) is 47.6 Å². The van der Waals surface area contributed by atoms with Crippen LogP contribution in [-0.4, -0.2) is 127 Å². The third-order valence-electron chi connectivity index (χ3n) is 9.44. The molecule has 3 atom stereocenters. The number of oxime groups is 1. The Kier molecular flexibility index (Phi) is 13.7. The minimum absolute atomic E-state index is 0.0382. The number of ether oxygens (including phenoxy) is 8. The third-order valence-corrected chi connectivity index (χ3v) is 9.44. The normalized spacial score (nSPS) is 19.4. The fraction of sp³-hybridized carbons (Fsp3) is 0.541. The second-order valence-corrected chi connectivity index (χ2v) is 12.8. The molecule has 1 aliphatic carbocycles. The number of amides is 3. The van der Waals surface area contributed by atoms with E-state index in [2.05, 4.69) is 10.5 Å². The maximum Gasteiger partial charge on any atom is 0.335 e. The molecule has 298 valence electrons. The molecule has 0 radical (unpaired) electrons. The number of rotatable bonds is 21. The lowest BCUT2D eigenvalue weighted by Gasteiger charge is -2.37. The number of nitrogens with zero attached hydrogens (tertiary/aromatic N) is 2. The van der Waals surface area contributed by atoms with Crippen LogP contribution in [0.5, 0.6) is 23.0 Å². The number of hydroxylamine groups is 2. The number of carbonyl (C=O) groups excluding carboxylic acids is 4. The molecule has 2 N–H and O–H groups in total. The largest absolute Gasteiger partial charge is 0.493 e. The van der Waals surface area contributed by atoms with Crippen LogP contribution >= 0.6 is 0 Å². The van der Waals surface area contributed by atoms with Crippen LogP contribution in [0.25, 0.3) is 0 Å². The van der Waals surface area contributed by atoms with Gasteiger partial charge in [-0.2, -0.15) is 0 Å². The van der Waals surface area contributed by atoms with E-state index in [0.717, 1.165) is 16.7 Å². The Morgan fingerprint density at radius 3 is 2.18 bits per heavy atom. The van der Waals surface area contributed by atoms with E-state index in [9.17, 15) is 24.3 Å². The molecule has 1 saturated heterocycles. The van der Waals surface area contributed by atoms with Crippen molar-refractivity contribution in [2.24, 2.45) is 17.0 Å². The summed E-state index contributed by atoms with van der Waals surface area (Å²) in [5, 5.41) is 18.1. The summed E-state index contributed by atoms with van der Waals surface area (Å²) < 4.78 is 44.6. The molecule has 18 nitrogen and oxygen atoms in total. The first-order valence-corrected chi connectivity index (χ1v) is 18.0. The van der Waals surface area contributed by atoms with E-state index in [1.807, 2.05) is 24.3 Å². The summed E-state index contributed by atoms with van der Waals surface area (Å²) in [6.07, 6.45) is -0.0311. The van der Waals surface area contributed by atoms with Gasteiger partial charge in [0.05, 0.1) is 97.6 Å². The van der Waals surface area contributed by atoms with Gasteiger partial charge in [0, 0.05) is 36.4 Å². The van der Waals surface area contributed by atoms with Gasteiger partial charge in [0.1, 0.15) is 6.61 Å². The van der Waals surface area contributed by atoms with Gasteiger partial charge in [-0.25, -0.2) is 4.79 Å². The first-order valence-electron chi connectivity index (χ1n) is 18.0. The number of benzene rings is 2. The third kappa shape index (κ3) is 9.28. The van der Waals surface area contributed by atoms with Crippen LogP contribution in [-0.2, 0) is 54.4 Å². The molecule has 2 aromatic rings. The molecule has 1 fully saturated rings. The Labute approximate surface area is 316 Å². The molecule has 3 heterocycles. The summed E-state index contributed by atoms with van der Waals surface area (Å²) in [5.41, 5.74) is 3.53. The molecular formula is C37H45N3O15. The molecule has 0 bridgehead atoms. The van der Waals surface area contributed by atoms with Crippen molar-refractivity contribution in [3.63, 3.8) is 0 Å². The van der Waals surface area contributed by atoms with E-state index in [-0.39, 0.29) is 84.1 Å². The number of aliphatic hydroxyl groups excluding tert-OH is 1. The number of methoxy groups -OCH3 is 2. The van der Waals surface area contributed by atoms with E-state index in [1.165, 1.54) is 14.2 Å². The maximum atomic E-state index is 14.1. The van der Waals surface area contributed by atoms with E-state index < -0.39 is 29.6 Å². The monoisotopic (exact) mass is 771 g/mol. The van der Waals surface area contributed by atoms with Crippen LogP contribution in [0.3, 0.4) is 0 Å². The van der Waals surface area contributed by atoms with Crippen molar-refractivity contribution < 1.29 is 71.9 Å². The Bertz CT molecular complexity index is 1710. The Morgan fingerprint density at radius 1 is 0.873 bits per heavy atom. The molecule has 18 heteroatoms. The van der Waals surface area contributed by atoms with Crippen LogP contribution < -0.4 is 24.3 Å². The molecule has 0 saturated carbocycles. The second-order valence-electron chi connectivity index (χ2n) is 12.8. The molecule has 3 amide bonds. The molecule has 1 unspecified atom stereocenters. The number of carbonyl (C=O) groups is 4. The summed E-state index contributed by atoms with van der Waals surface area (Å²) >= 11 is 0. The highest BCUT2D eigenvalue weighted by atomic mass is 16.7. The van der Waals surface area contributed by atoms with Gasteiger partial charge in [-0.3, -0.25) is 14.4 Å². The predicted molar refractivity (Wildman–Crippen MR) is 187 cm³/mol. The van der Waals surface area contributed by atoms with Crippen LogP contribution in [0.15, 0.2) is 29.4 Å². The highest BCUT2D eigenvalue weighted by Gasteiger charge is 2.49. The summed E-state index contributed by atoms with van der Waals surface area (Å²) in [4.78, 5) is 59.2. The number of fused-ring (bicyclic) bond motifs is 4. The smallest absolute Gasteiger partial charge is 0.335 e. The zero-order valence-electron chi connectivity index (χ0n) is 30.7. The van der Waals surface area contributed by atoms with Gasteiger partial charge in [0.25, 0.3) is 11.8 Å². The van der Waals surface area contributed by atoms with Crippen molar-refractivity contribution in [2.45, 2.75) is 31.8 Å². The van der Waals surface area contributed by atoms with Crippen molar-refractivity contribution in [3.8, 4) is 23.0 Å². The van der Waals surface area contributed by atoms with Crippen LogP contribution in [0.1, 0.15) is 47.4 Å². The summed E-state index contributed by atoms with van der Waals surface area (Å²) in [6.45, 7) is 2.35. The van der Waals surface area contributed by atoms with Crippen LogP contribution in [0, 0.1) is 11.8 Å². The van der Waals surface area contributed by atoms with E-state index in [1.54, 1.807) is 0 Å². The Balaban J connectivity index is 0.933. The molecule has 6 rings (SSSR count). The van der Waals surface area contributed by atoms with E-state index in [0.29, 0.717) is 65.8 Å².